The summed E-state index contributed by atoms with van der Waals surface area (Å²) in [4.78, 5) is 3.83. The van der Waals surface area contributed by atoms with Crippen molar-refractivity contribution in [3.8, 4) is 0 Å². The molecular formula is C13H24N2S. The highest BCUT2D eigenvalue weighted by Gasteiger charge is 2.00. The van der Waals surface area contributed by atoms with Crippen LogP contribution in [0, 0.1) is 0 Å². The smallest absolute Gasteiger partial charge is 0.0325 e. The highest BCUT2D eigenvalue weighted by atomic mass is 32.1. The van der Waals surface area contributed by atoms with E-state index in [0.29, 0.717) is 0 Å². The lowest BCUT2D eigenvalue weighted by Crippen LogP contribution is -2.29. The van der Waals surface area contributed by atoms with Crippen LogP contribution in [-0.2, 0) is 6.54 Å². The number of nitrogens with zero attached hydrogens (tertiary/aromatic N) is 1. The van der Waals surface area contributed by atoms with E-state index in [-0.39, 0.29) is 0 Å². The van der Waals surface area contributed by atoms with Crippen LogP contribution in [0.25, 0.3) is 0 Å². The Balaban J connectivity index is 1.96. The molecule has 0 bridgehead atoms. The van der Waals surface area contributed by atoms with Gasteiger partial charge in [0.15, 0.2) is 0 Å². The summed E-state index contributed by atoms with van der Waals surface area (Å²) in [7, 11) is 2.19. The molecule has 0 saturated heterocycles. The Hall–Kier alpha value is -0.380. The van der Waals surface area contributed by atoms with Gasteiger partial charge in [-0.2, -0.15) is 0 Å². The molecule has 0 unspecified atom stereocenters. The minimum atomic E-state index is 1.08. The van der Waals surface area contributed by atoms with E-state index in [1.807, 2.05) is 11.3 Å². The van der Waals surface area contributed by atoms with Crippen molar-refractivity contribution < 1.29 is 0 Å². The first-order chi connectivity index (χ1) is 7.83. The van der Waals surface area contributed by atoms with E-state index >= 15 is 0 Å². The number of rotatable bonds is 9. The standard InChI is InChI=1S/C13H24N2S/c1-3-4-5-8-14-9-10-15(2)12-13-7-6-11-16-13/h6-7,11,14H,3-5,8-10,12H2,1-2H3. The minimum absolute atomic E-state index is 1.08. The average Bonchev–Trinajstić information content (AvgIpc) is 2.76. The number of unbranched alkanes of at least 4 members (excludes halogenated alkanes) is 2. The first-order valence-corrected chi connectivity index (χ1v) is 7.12. The number of hydrogen-bond donors (Lipinski definition) is 1. The first-order valence-electron chi connectivity index (χ1n) is 6.24. The van der Waals surface area contributed by atoms with Crippen LogP contribution in [0.15, 0.2) is 17.5 Å². The van der Waals surface area contributed by atoms with Crippen LogP contribution in [-0.4, -0.2) is 31.6 Å². The fourth-order valence-electron chi connectivity index (χ4n) is 1.64. The number of likely N-dealkylation sites (N-methyl/N-ethyl adjacent to an activating group) is 1. The van der Waals surface area contributed by atoms with E-state index < -0.39 is 0 Å². The van der Waals surface area contributed by atoms with E-state index in [2.05, 4.69) is 41.7 Å². The molecule has 1 N–H and O–H groups in total. The lowest BCUT2D eigenvalue weighted by molar-refractivity contribution is 0.327. The van der Waals surface area contributed by atoms with Gasteiger partial charge >= 0.3 is 0 Å². The highest BCUT2D eigenvalue weighted by molar-refractivity contribution is 7.09. The Kier molecular flexibility index (Phi) is 7.47. The van der Waals surface area contributed by atoms with Gasteiger partial charge in [0.2, 0.25) is 0 Å². The second kappa shape index (κ2) is 8.74. The van der Waals surface area contributed by atoms with Crippen LogP contribution in [0.4, 0.5) is 0 Å². The summed E-state index contributed by atoms with van der Waals surface area (Å²) in [6.07, 6.45) is 3.96. The quantitative estimate of drug-likeness (QED) is 0.668. The predicted octanol–water partition coefficient (Wildman–Crippen LogP) is 2.96. The summed E-state index contributed by atoms with van der Waals surface area (Å²) in [5.74, 6) is 0. The van der Waals surface area contributed by atoms with Gasteiger partial charge in [-0.25, -0.2) is 0 Å². The number of thiophene rings is 1. The van der Waals surface area contributed by atoms with Gasteiger partial charge in [-0.1, -0.05) is 25.8 Å². The van der Waals surface area contributed by atoms with Crippen molar-refractivity contribution in [1.82, 2.24) is 10.2 Å². The highest BCUT2D eigenvalue weighted by Crippen LogP contribution is 2.10. The van der Waals surface area contributed by atoms with Gasteiger partial charge < -0.3 is 10.2 Å². The Morgan fingerprint density at radius 3 is 2.88 bits per heavy atom. The van der Waals surface area contributed by atoms with Gasteiger partial charge in [0.05, 0.1) is 0 Å². The van der Waals surface area contributed by atoms with Crippen molar-refractivity contribution >= 4 is 11.3 Å². The second-order valence-electron chi connectivity index (χ2n) is 4.27. The van der Waals surface area contributed by atoms with Crippen LogP contribution in [0.1, 0.15) is 31.1 Å². The van der Waals surface area contributed by atoms with E-state index in [1.54, 1.807) is 0 Å². The molecule has 0 radical (unpaired) electrons. The Labute approximate surface area is 104 Å². The molecule has 1 aromatic rings. The van der Waals surface area contributed by atoms with Crippen LogP contribution in [0.3, 0.4) is 0 Å². The third-order valence-electron chi connectivity index (χ3n) is 2.63. The molecule has 0 spiro atoms. The topological polar surface area (TPSA) is 15.3 Å². The molecule has 1 aromatic heterocycles. The third-order valence-corrected chi connectivity index (χ3v) is 3.49. The normalized spacial score (nSPS) is 11.2. The number of hydrogen-bond acceptors (Lipinski definition) is 3. The van der Waals surface area contributed by atoms with Crippen molar-refractivity contribution in [3.05, 3.63) is 22.4 Å². The molecule has 3 heteroatoms. The van der Waals surface area contributed by atoms with Gasteiger partial charge in [0.1, 0.15) is 0 Å². The van der Waals surface area contributed by atoms with E-state index in [4.69, 9.17) is 0 Å². The van der Waals surface area contributed by atoms with Crippen molar-refractivity contribution in [2.45, 2.75) is 32.7 Å². The van der Waals surface area contributed by atoms with Crippen LogP contribution >= 0.6 is 11.3 Å². The fourth-order valence-corrected chi connectivity index (χ4v) is 2.43. The molecule has 0 aliphatic rings. The predicted molar refractivity (Wildman–Crippen MR) is 73.0 cm³/mol. The summed E-state index contributed by atoms with van der Waals surface area (Å²) in [6, 6.07) is 4.33. The van der Waals surface area contributed by atoms with Crippen LogP contribution in [0.5, 0.6) is 0 Å². The van der Waals surface area contributed by atoms with Crippen LogP contribution in [0.2, 0.25) is 0 Å². The molecule has 2 nitrogen and oxygen atoms in total. The molecular weight excluding hydrogens is 216 g/mol. The zero-order chi connectivity index (χ0) is 11.6. The summed E-state index contributed by atoms with van der Waals surface area (Å²) >= 11 is 1.84. The molecule has 0 fully saturated rings. The monoisotopic (exact) mass is 240 g/mol. The fraction of sp³-hybridized carbons (Fsp3) is 0.692. The van der Waals surface area contributed by atoms with E-state index in [0.717, 1.165) is 19.6 Å². The Bertz CT molecular complexity index is 246. The maximum atomic E-state index is 3.49. The first kappa shape index (κ1) is 13.7. The number of nitrogens with one attached hydrogen (secondary N) is 1. The summed E-state index contributed by atoms with van der Waals surface area (Å²) in [5, 5.41) is 5.64. The molecule has 0 saturated carbocycles. The summed E-state index contributed by atoms with van der Waals surface area (Å²) < 4.78 is 0. The SMILES string of the molecule is CCCCCNCCN(C)Cc1cccs1. The van der Waals surface area contributed by atoms with Gasteiger partial charge in [0.25, 0.3) is 0 Å². The maximum absolute atomic E-state index is 3.49. The minimum Gasteiger partial charge on any atom is -0.315 e. The molecule has 0 amide bonds. The molecule has 0 atom stereocenters. The molecule has 1 heterocycles. The average molecular weight is 240 g/mol. The molecule has 16 heavy (non-hydrogen) atoms. The largest absolute Gasteiger partial charge is 0.315 e. The lowest BCUT2D eigenvalue weighted by Gasteiger charge is -2.15. The van der Waals surface area contributed by atoms with Gasteiger partial charge in [-0.05, 0) is 31.5 Å². The lowest BCUT2D eigenvalue weighted by atomic mass is 10.2. The van der Waals surface area contributed by atoms with Crippen molar-refractivity contribution in [3.63, 3.8) is 0 Å². The van der Waals surface area contributed by atoms with Crippen LogP contribution < -0.4 is 5.32 Å². The van der Waals surface area contributed by atoms with Gasteiger partial charge in [-0.3, -0.25) is 0 Å². The third kappa shape index (κ3) is 6.26. The van der Waals surface area contributed by atoms with Gasteiger partial charge in [0, 0.05) is 24.5 Å². The van der Waals surface area contributed by atoms with Crippen molar-refractivity contribution in [1.29, 1.82) is 0 Å². The molecule has 0 aromatic carbocycles. The van der Waals surface area contributed by atoms with Gasteiger partial charge in [-0.15, -0.1) is 11.3 Å². The van der Waals surface area contributed by atoms with E-state index in [1.165, 1.54) is 30.7 Å². The molecule has 1 rings (SSSR count). The zero-order valence-electron chi connectivity index (χ0n) is 10.5. The Morgan fingerprint density at radius 1 is 1.31 bits per heavy atom. The second-order valence-corrected chi connectivity index (χ2v) is 5.31. The van der Waals surface area contributed by atoms with E-state index in [9.17, 15) is 0 Å². The molecule has 92 valence electrons. The maximum Gasteiger partial charge on any atom is 0.0325 e. The molecule has 0 aliphatic heterocycles. The summed E-state index contributed by atoms with van der Waals surface area (Å²) in [5.41, 5.74) is 0. The van der Waals surface area contributed by atoms with Crippen molar-refractivity contribution in [2.24, 2.45) is 0 Å². The molecule has 0 aliphatic carbocycles. The Morgan fingerprint density at radius 2 is 2.19 bits per heavy atom. The van der Waals surface area contributed by atoms with Crippen molar-refractivity contribution in [2.75, 3.05) is 26.7 Å². The summed E-state index contributed by atoms with van der Waals surface area (Å²) in [6.45, 7) is 6.72. The zero-order valence-corrected chi connectivity index (χ0v) is 11.4.